The highest BCUT2D eigenvalue weighted by molar-refractivity contribution is 7.92. The van der Waals surface area contributed by atoms with Gasteiger partial charge in [0.1, 0.15) is 0 Å². The smallest absolute Gasteiger partial charge is 0.261 e. The Morgan fingerprint density at radius 2 is 1.48 bits per heavy atom. The molecular formula is C20H15ClF2N2O3S. The molecule has 3 aromatic rings. The molecular weight excluding hydrogens is 422 g/mol. The molecule has 0 atom stereocenters. The van der Waals surface area contributed by atoms with E-state index in [-0.39, 0.29) is 18.0 Å². The molecule has 0 aliphatic rings. The van der Waals surface area contributed by atoms with Gasteiger partial charge in [-0.15, -0.1) is 0 Å². The number of carbonyl (C=O) groups is 1. The van der Waals surface area contributed by atoms with Crippen molar-refractivity contribution in [2.75, 3.05) is 10.0 Å². The van der Waals surface area contributed by atoms with Crippen LogP contribution in [0.3, 0.4) is 0 Å². The second kappa shape index (κ2) is 8.59. The van der Waals surface area contributed by atoms with Gasteiger partial charge in [-0.3, -0.25) is 9.52 Å². The van der Waals surface area contributed by atoms with Gasteiger partial charge in [-0.2, -0.15) is 0 Å². The van der Waals surface area contributed by atoms with Crippen molar-refractivity contribution in [1.29, 1.82) is 0 Å². The normalized spacial score (nSPS) is 11.1. The van der Waals surface area contributed by atoms with Crippen molar-refractivity contribution in [2.24, 2.45) is 0 Å². The van der Waals surface area contributed by atoms with Crippen molar-refractivity contribution in [1.82, 2.24) is 0 Å². The number of nitrogens with one attached hydrogen (secondary N) is 2. The summed E-state index contributed by atoms with van der Waals surface area (Å²) in [5.74, 6) is -2.64. The van der Waals surface area contributed by atoms with Crippen LogP contribution in [-0.2, 0) is 21.2 Å². The van der Waals surface area contributed by atoms with Gasteiger partial charge in [0, 0.05) is 16.4 Å². The maximum Gasteiger partial charge on any atom is 0.261 e. The molecule has 150 valence electrons. The summed E-state index contributed by atoms with van der Waals surface area (Å²) < 4.78 is 53.1. The number of anilines is 2. The summed E-state index contributed by atoms with van der Waals surface area (Å²) in [6, 6.07) is 15.1. The number of carbonyl (C=O) groups excluding carboxylic acids is 1. The predicted octanol–water partition coefficient (Wildman–Crippen LogP) is 4.60. The molecule has 0 radical (unpaired) electrons. The van der Waals surface area contributed by atoms with Crippen LogP contribution in [0, 0.1) is 11.6 Å². The molecule has 1 amide bonds. The molecule has 0 unspecified atom stereocenters. The summed E-state index contributed by atoms with van der Waals surface area (Å²) in [5.41, 5.74) is 1.47. The third-order valence-corrected chi connectivity index (χ3v) is 5.53. The minimum absolute atomic E-state index is 0.154. The highest BCUT2D eigenvalue weighted by atomic mass is 35.5. The Kier molecular flexibility index (Phi) is 6.14. The zero-order valence-corrected chi connectivity index (χ0v) is 16.4. The topological polar surface area (TPSA) is 75.3 Å². The molecule has 0 saturated heterocycles. The Morgan fingerprint density at radius 3 is 2.10 bits per heavy atom. The van der Waals surface area contributed by atoms with E-state index in [0.717, 1.165) is 17.7 Å². The Hall–Kier alpha value is -2.97. The predicted molar refractivity (Wildman–Crippen MR) is 107 cm³/mol. The van der Waals surface area contributed by atoms with E-state index in [4.69, 9.17) is 11.6 Å². The zero-order chi connectivity index (χ0) is 21.0. The van der Waals surface area contributed by atoms with Crippen molar-refractivity contribution in [3.8, 4) is 0 Å². The third-order valence-electron chi connectivity index (χ3n) is 3.90. The maximum absolute atomic E-state index is 13.3. The number of halogens is 3. The van der Waals surface area contributed by atoms with Crippen molar-refractivity contribution >= 4 is 38.9 Å². The van der Waals surface area contributed by atoms with Crippen LogP contribution in [0.1, 0.15) is 5.56 Å². The van der Waals surface area contributed by atoms with E-state index in [1.54, 1.807) is 24.3 Å². The number of hydrogen-bond donors (Lipinski definition) is 2. The van der Waals surface area contributed by atoms with Gasteiger partial charge in [-0.1, -0.05) is 23.7 Å². The SMILES string of the molecule is O=C(Cc1ccc(Cl)cc1)Nc1ccc(NS(=O)(=O)c2ccc(F)c(F)c2)cc1. The van der Waals surface area contributed by atoms with E-state index in [0.29, 0.717) is 16.8 Å². The van der Waals surface area contributed by atoms with Crippen LogP contribution in [0.4, 0.5) is 20.2 Å². The second-order valence-corrected chi connectivity index (χ2v) is 8.23. The molecule has 2 N–H and O–H groups in total. The van der Waals surface area contributed by atoms with Crippen LogP contribution in [-0.4, -0.2) is 14.3 Å². The van der Waals surface area contributed by atoms with E-state index in [9.17, 15) is 22.0 Å². The van der Waals surface area contributed by atoms with Crippen LogP contribution in [0.5, 0.6) is 0 Å². The minimum atomic E-state index is -4.09. The molecule has 3 rings (SSSR count). The van der Waals surface area contributed by atoms with Crippen LogP contribution in [0.15, 0.2) is 71.6 Å². The molecule has 0 aromatic heterocycles. The molecule has 0 saturated carbocycles. The monoisotopic (exact) mass is 436 g/mol. The van der Waals surface area contributed by atoms with Gasteiger partial charge in [0.15, 0.2) is 11.6 Å². The molecule has 9 heteroatoms. The van der Waals surface area contributed by atoms with Crippen LogP contribution < -0.4 is 10.0 Å². The molecule has 0 heterocycles. The van der Waals surface area contributed by atoms with E-state index in [1.807, 2.05) is 0 Å². The first-order chi connectivity index (χ1) is 13.7. The number of rotatable bonds is 6. The van der Waals surface area contributed by atoms with Gasteiger partial charge >= 0.3 is 0 Å². The summed E-state index contributed by atoms with van der Waals surface area (Å²) in [7, 11) is -4.09. The first-order valence-electron chi connectivity index (χ1n) is 8.35. The van der Waals surface area contributed by atoms with Gasteiger partial charge in [0.25, 0.3) is 10.0 Å². The third kappa shape index (κ3) is 5.52. The highest BCUT2D eigenvalue weighted by Gasteiger charge is 2.16. The quantitative estimate of drug-likeness (QED) is 0.593. The molecule has 29 heavy (non-hydrogen) atoms. The summed E-state index contributed by atoms with van der Waals surface area (Å²) in [5, 5.41) is 3.28. The van der Waals surface area contributed by atoms with Crippen LogP contribution in [0.25, 0.3) is 0 Å². The van der Waals surface area contributed by atoms with Crippen LogP contribution in [0.2, 0.25) is 5.02 Å². The number of benzene rings is 3. The number of amides is 1. The lowest BCUT2D eigenvalue weighted by molar-refractivity contribution is -0.115. The Morgan fingerprint density at radius 1 is 0.862 bits per heavy atom. The maximum atomic E-state index is 13.3. The largest absolute Gasteiger partial charge is 0.326 e. The molecule has 5 nitrogen and oxygen atoms in total. The van der Waals surface area contributed by atoms with Gasteiger partial charge in [-0.25, -0.2) is 17.2 Å². The van der Waals surface area contributed by atoms with Crippen molar-refractivity contribution in [3.63, 3.8) is 0 Å². The molecule has 0 fully saturated rings. The Bertz CT molecular complexity index is 1140. The number of hydrogen-bond acceptors (Lipinski definition) is 3. The lowest BCUT2D eigenvalue weighted by Crippen LogP contribution is -2.15. The fourth-order valence-electron chi connectivity index (χ4n) is 2.47. The molecule has 3 aromatic carbocycles. The second-order valence-electron chi connectivity index (χ2n) is 6.11. The molecule has 0 aliphatic heterocycles. The standard InChI is InChI=1S/C20H15ClF2N2O3S/c21-14-3-1-13(2-4-14)11-20(26)24-15-5-7-16(8-6-15)25-29(27,28)17-9-10-18(22)19(23)12-17/h1-10,12,25H,11H2,(H,24,26). The summed E-state index contributed by atoms with van der Waals surface area (Å²) in [4.78, 5) is 11.7. The van der Waals surface area contributed by atoms with Gasteiger partial charge < -0.3 is 5.32 Å². The fraction of sp³-hybridized carbons (Fsp3) is 0.0500. The zero-order valence-electron chi connectivity index (χ0n) is 14.8. The van der Waals surface area contributed by atoms with Crippen molar-refractivity contribution < 1.29 is 22.0 Å². The van der Waals surface area contributed by atoms with Crippen molar-refractivity contribution in [2.45, 2.75) is 11.3 Å². The average molecular weight is 437 g/mol. The van der Waals surface area contributed by atoms with E-state index in [1.165, 1.54) is 24.3 Å². The molecule has 0 spiro atoms. The summed E-state index contributed by atoms with van der Waals surface area (Å²) in [6.45, 7) is 0. The summed E-state index contributed by atoms with van der Waals surface area (Å²) in [6.07, 6.45) is 0.154. The molecule has 0 aliphatic carbocycles. The van der Waals surface area contributed by atoms with Crippen LogP contribution >= 0.6 is 11.6 Å². The summed E-state index contributed by atoms with van der Waals surface area (Å²) >= 11 is 5.81. The lowest BCUT2D eigenvalue weighted by atomic mass is 10.1. The van der Waals surface area contributed by atoms with Gasteiger partial charge in [0.2, 0.25) is 5.91 Å². The molecule has 0 bridgehead atoms. The highest BCUT2D eigenvalue weighted by Crippen LogP contribution is 2.20. The lowest BCUT2D eigenvalue weighted by Gasteiger charge is -2.10. The van der Waals surface area contributed by atoms with Gasteiger partial charge in [0.05, 0.1) is 11.3 Å². The van der Waals surface area contributed by atoms with Gasteiger partial charge in [-0.05, 0) is 60.2 Å². The minimum Gasteiger partial charge on any atom is -0.326 e. The average Bonchev–Trinajstić information content (AvgIpc) is 2.67. The first kappa shape index (κ1) is 20.8. The Labute approximate surface area is 171 Å². The van der Waals surface area contributed by atoms with E-state index < -0.39 is 26.6 Å². The van der Waals surface area contributed by atoms with Crippen molar-refractivity contribution in [3.05, 3.63) is 89.0 Å². The Balaban J connectivity index is 1.64. The first-order valence-corrected chi connectivity index (χ1v) is 10.2. The van der Waals surface area contributed by atoms with E-state index in [2.05, 4.69) is 10.0 Å². The number of sulfonamides is 1. The fourth-order valence-corrected chi connectivity index (χ4v) is 3.67. The van der Waals surface area contributed by atoms with E-state index >= 15 is 0 Å².